The number of pyridine rings is 1. The Labute approximate surface area is 195 Å². The highest BCUT2D eigenvalue weighted by Crippen LogP contribution is 2.39. The Balaban J connectivity index is 1.40. The van der Waals surface area contributed by atoms with Crippen LogP contribution in [-0.4, -0.2) is 80.6 Å². The molecule has 2 bridgehead atoms. The Hall–Kier alpha value is -1.75. The zero-order valence-electron chi connectivity index (χ0n) is 19.1. The van der Waals surface area contributed by atoms with Crippen LogP contribution in [0.2, 0.25) is 0 Å². The highest BCUT2D eigenvalue weighted by Gasteiger charge is 2.41. The maximum Gasteiger partial charge on any atom is 0.260 e. The van der Waals surface area contributed by atoms with E-state index in [0.717, 1.165) is 43.2 Å². The van der Waals surface area contributed by atoms with Gasteiger partial charge in [-0.05, 0) is 63.0 Å². The maximum absolute atomic E-state index is 13.3. The van der Waals surface area contributed by atoms with Crippen molar-refractivity contribution < 1.29 is 27.4 Å². The smallest absolute Gasteiger partial charge is 0.260 e. The molecule has 2 atom stereocenters. The van der Waals surface area contributed by atoms with Crippen LogP contribution in [0.4, 0.5) is 0 Å². The third kappa shape index (κ3) is 4.76. The first-order valence-corrected chi connectivity index (χ1v) is 13.6. The maximum atomic E-state index is 13.3. The number of nitrogens with zero attached hydrogens (tertiary/aromatic N) is 2. The fourth-order valence-electron chi connectivity index (χ4n) is 5.53. The molecular formula is C23H33N3O6S. The number of ether oxygens (including phenoxy) is 3. The van der Waals surface area contributed by atoms with E-state index in [1.165, 1.54) is 0 Å². The van der Waals surface area contributed by atoms with Gasteiger partial charge in [-0.15, -0.1) is 0 Å². The molecule has 182 valence electrons. The molecule has 1 aromatic heterocycles. The highest BCUT2D eigenvalue weighted by atomic mass is 32.2. The van der Waals surface area contributed by atoms with Crippen molar-refractivity contribution in [1.82, 2.24) is 14.6 Å². The van der Waals surface area contributed by atoms with E-state index in [4.69, 9.17) is 14.2 Å². The van der Waals surface area contributed by atoms with Crippen molar-refractivity contribution in [3.8, 4) is 5.88 Å². The predicted octanol–water partition coefficient (Wildman–Crippen LogP) is 1.50. The van der Waals surface area contributed by atoms with E-state index in [9.17, 15) is 13.2 Å². The van der Waals surface area contributed by atoms with Gasteiger partial charge in [0, 0.05) is 24.3 Å². The van der Waals surface area contributed by atoms with Crippen LogP contribution in [0.3, 0.4) is 0 Å². The lowest BCUT2D eigenvalue weighted by molar-refractivity contribution is -0.140. The van der Waals surface area contributed by atoms with Gasteiger partial charge in [0.2, 0.25) is 15.9 Å². The van der Waals surface area contributed by atoms with Crippen LogP contribution in [0.5, 0.6) is 5.88 Å². The normalized spacial score (nSPS) is 31.3. The molecule has 5 aliphatic rings. The van der Waals surface area contributed by atoms with Crippen LogP contribution in [0, 0.1) is 6.92 Å². The Morgan fingerprint density at radius 3 is 2.64 bits per heavy atom. The molecule has 10 heteroatoms. The molecule has 1 N–H and O–H groups in total. The minimum absolute atomic E-state index is 0.111. The summed E-state index contributed by atoms with van der Waals surface area (Å²) in [6.45, 7) is 3.26. The molecule has 4 aliphatic heterocycles. The number of hydrogen-bond donors (Lipinski definition) is 1. The number of aryl methyl sites for hydroxylation is 1. The summed E-state index contributed by atoms with van der Waals surface area (Å²) in [6.07, 6.45) is 7.03. The molecule has 1 aromatic rings. The van der Waals surface area contributed by atoms with E-state index in [2.05, 4.69) is 16.6 Å². The van der Waals surface area contributed by atoms with Crippen molar-refractivity contribution >= 4 is 15.9 Å². The molecule has 1 saturated carbocycles. The van der Waals surface area contributed by atoms with Crippen molar-refractivity contribution in [1.29, 1.82) is 0 Å². The number of piperidine rings is 1. The standard InChI is InChI=1S/C23H33N3O6S/c1-15-8-9-24-23-22(15)16-4-6-17(7-5-16)31-13-20-19(25-33(28,29)18-11-30-12-18)3-2-10-26(20)21(27)14-32-23/h8-9,16-20,25H,2-7,10-14H2,1H3/t16?,17?,19-,20?/m0/s1. The lowest BCUT2D eigenvalue weighted by atomic mass is 9.81. The highest BCUT2D eigenvalue weighted by molar-refractivity contribution is 7.90. The first-order valence-electron chi connectivity index (χ1n) is 12.0. The Morgan fingerprint density at radius 1 is 1.12 bits per heavy atom. The number of aromatic nitrogens is 1. The molecule has 1 aliphatic carbocycles. The molecular weight excluding hydrogens is 446 g/mol. The number of hydrogen-bond acceptors (Lipinski definition) is 7. The molecule has 1 unspecified atom stereocenters. The Bertz CT molecular complexity index is 974. The summed E-state index contributed by atoms with van der Waals surface area (Å²) in [5.74, 6) is 0.722. The van der Waals surface area contributed by atoms with E-state index in [1.54, 1.807) is 11.1 Å². The van der Waals surface area contributed by atoms with Gasteiger partial charge in [0.25, 0.3) is 5.91 Å². The summed E-state index contributed by atoms with van der Waals surface area (Å²) < 4.78 is 45.8. The summed E-state index contributed by atoms with van der Waals surface area (Å²) in [7, 11) is -3.51. The molecule has 0 aromatic carbocycles. The number of fused-ring (bicyclic) bond motifs is 5. The van der Waals surface area contributed by atoms with Gasteiger partial charge < -0.3 is 19.1 Å². The zero-order chi connectivity index (χ0) is 23.0. The fourth-order valence-corrected chi connectivity index (χ4v) is 6.97. The third-order valence-corrected chi connectivity index (χ3v) is 9.33. The number of rotatable bonds is 3. The minimum Gasteiger partial charge on any atom is -0.467 e. The number of carbonyl (C=O) groups excluding carboxylic acids is 1. The lowest BCUT2D eigenvalue weighted by Gasteiger charge is -2.42. The molecule has 2 saturated heterocycles. The Kier molecular flexibility index (Phi) is 6.61. The number of nitrogens with one attached hydrogen (secondary N) is 1. The molecule has 0 spiro atoms. The second-order valence-corrected chi connectivity index (χ2v) is 11.7. The fraction of sp³-hybridized carbons (Fsp3) is 0.739. The van der Waals surface area contributed by atoms with Gasteiger partial charge in [-0.2, -0.15) is 0 Å². The average Bonchev–Trinajstić information content (AvgIpc) is 2.76. The van der Waals surface area contributed by atoms with Gasteiger partial charge >= 0.3 is 0 Å². The van der Waals surface area contributed by atoms with Crippen molar-refractivity contribution in [2.75, 3.05) is 33.0 Å². The SMILES string of the molecule is Cc1ccnc2c1C1CCC(CC1)OCC1[C@@H](NS(=O)(=O)C3COC3)CCCN1C(=O)CO2. The van der Waals surface area contributed by atoms with Crippen LogP contribution in [0.15, 0.2) is 12.3 Å². The van der Waals surface area contributed by atoms with Crippen LogP contribution in [0.1, 0.15) is 55.6 Å². The topological polar surface area (TPSA) is 107 Å². The Morgan fingerprint density at radius 2 is 1.91 bits per heavy atom. The number of amides is 1. The van der Waals surface area contributed by atoms with E-state index >= 15 is 0 Å². The molecule has 9 nitrogen and oxygen atoms in total. The summed E-state index contributed by atoms with van der Waals surface area (Å²) in [6, 6.07) is 1.24. The second-order valence-electron chi connectivity index (χ2n) is 9.67. The predicted molar refractivity (Wildman–Crippen MR) is 121 cm³/mol. The van der Waals surface area contributed by atoms with Gasteiger partial charge in [-0.3, -0.25) is 4.79 Å². The zero-order valence-corrected chi connectivity index (χ0v) is 19.9. The molecule has 1 amide bonds. The summed E-state index contributed by atoms with van der Waals surface area (Å²) in [5, 5.41) is -0.524. The van der Waals surface area contributed by atoms with Crippen molar-refractivity contribution in [2.45, 2.75) is 74.8 Å². The van der Waals surface area contributed by atoms with Gasteiger partial charge in [0.05, 0.1) is 32.0 Å². The molecule has 3 fully saturated rings. The second kappa shape index (κ2) is 9.48. The van der Waals surface area contributed by atoms with E-state index in [1.807, 2.05) is 6.07 Å². The van der Waals surface area contributed by atoms with Crippen LogP contribution >= 0.6 is 0 Å². The van der Waals surface area contributed by atoms with Crippen molar-refractivity contribution in [3.63, 3.8) is 0 Å². The van der Waals surface area contributed by atoms with Gasteiger partial charge in [0.15, 0.2) is 6.61 Å². The molecule has 6 rings (SSSR count). The number of carbonyl (C=O) groups is 1. The lowest BCUT2D eigenvalue weighted by Crippen LogP contribution is -2.61. The van der Waals surface area contributed by atoms with Crippen molar-refractivity contribution in [3.05, 3.63) is 23.4 Å². The van der Waals surface area contributed by atoms with Crippen LogP contribution in [-0.2, 0) is 24.3 Å². The average molecular weight is 480 g/mol. The monoisotopic (exact) mass is 479 g/mol. The van der Waals surface area contributed by atoms with Gasteiger partial charge in [-0.25, -0.2) is 18.1 Å². The third-order valence-electron chi connectivity index (χ3n) is 7.55. The van der Waals surface area contributed by atoms with Crippen LogP contribution in [0.25, 0.3) is 0 Å². The van der Waals surface area contributed by atoms with Crippen molar-refractivity contribution in [2.24, 2.45) is 0 Å². The minimum atomic E-state index is -3.51. The summed E-state index contributed by atoms with van der Waals surface area (Å²) in [4.78, 5) is 19.5. The molecule has 5 heterocycles. The van der Waals surface area contributed by atoms with Gasteiger partial charge in [0.1, 0.15) is 5.25 Å². The molecule has 33 heavy (non-hydrogen) atoms. The summed E-state index contributed by atoms with van der Waals surface area (Å²) >= 11 is 0. The summed E-state index contributed by atoms with van der Waals surface area (Å²) in [5.41, 5.74) is 2.24. The quantitative estimate of drug-likeness (QED) is 0.700. The van der Waals surface area contributed by atoms with Crippen LogP contribution < -0.4 is 9.46 Å². The molecule has 0 radical (unpaired) electrons. The van der Waals surface area contributed by atoms with Gasteiger partial charge in [-0.1, -0.05) is 0 Å². The first kappa shape index (κ1) is 23.0. The van der Waals surface area contributed by atoms with E-state index in [-0.39, 0.29) is 43.9 Å². The largest absolute Gasteiger partial charge is 0.467 e. The number of sulfonamides is 1. The van der Waals surface area contributed by atoms with E-state index < -0.39 is 15.3 Å². The van der Waals surface area contributed by atoms with E-state index in [0.29, 0.717) is 31.4 Å². The first-order chi connectivity index (χ1) is 15.9.